The van der Waals surface area contributed by atoms with Crippen LogP contribution in [0.4, 0.5) is 0 Å². The summed E-state index contributed by atoms with van der Waals surface area (Å²) in [6.07, 6.45) is 2.21. The highest BCUT2D eigenvalue weighted by molar-refractivity contribution is 6.20. The predicted octanol–water partition coefficient (Wildman–Crippen LogP) is 1.53. The molecule has 126 valence electrons. The minimum atomic E-state index is -0.744. The van der Waals surface area contributed by atoms with Crippen molar-refractivity contribution in [3.05, 3.63) is 35.4 Å². The Morgan fingerprint density at radius 3 is 2.38 bits per heavy atom. The van der Waals surface area contributed by atoms with E-state index in [1.807, 2.05) is 6.92 Å². The fourth-order valence-electron chi connectivity index (χ4n) is 3.07. The van der Waals surface area contributed by atoms with E-state index in [9.17, 15) is 19.2 Å². The maximum Gasteiger partial charge on any atom is 0.355 e. The van der Waals surface area contributed by atoms with Gasteiger partial charge >= 0.3 is 5.97 Å². The summed E-state index contributed by atoms with van der Waals surface area (Å²) < 4.78 is 0. The van der Waals surface area contributed by atoms with E-state index in [-0.39, 0.29) is 17.0 Å². The van der Waals surface area contributed by atoms with Crippen LogP contribution in [0.5, 0.6) is 0 Å². The van der Waals surface area contributed by atoms with E-state index in [0.717, 1.165) is 0 Å². The molecule has 1 atom stereocenters. The molecule has 0 N–H and O–H groups in total. The van der Waals surface area contributed by atoms with Crippen molar-refractivity contribution in [2.75, 3.05) is 6.54 Å². The van der Waals surface area contributed by atoms with Gasteiger partial charge in [0.25, 0.3) is 11.8 Å². The molecule has 1 saturated heterocycles. The van der Waals surface area contributed by atoms with Crippen molar-refractivity contribution in [2.24, 2.45) is 0 Å². The van der Waals surface area contributed by atoms with Crippen molar-refractivity contribution in [3.63, 3.8) is 0 Å². The van der Waals surface area contributed by atoms with Gasteiger partial charge in [0.2, 0.25) is 5.91 Å². The Labute approximate surface area is 139 Å². The molecule has 1 unspecified atom stereocenters. The second-order valence-corrected chi connectivity index (χ2v) is 5.86. The van der Waals surface area contributed by atoms with E-state index >= 15 is 0 Å². The number of hydroxylamine groups is 2. The average molecular weight is 330 g/mol. The summed E-state index contributed by atoms with van der Waals surface area (Å²) in [4.78, 5) is 55.5. The zero-order valence-electron chi connectivity index (χ0n) is 13.4. The summed E-state index contributed by atoms with van der Waals surface area (Å²) in [6, 6.07) is 5.55. The fourth-order valence-corrected chi connectivity index (χ4v) is 3.07. The lowest BCUT2D eigenvalue weighted by atomic mass is 10.1. The van der Waals surface area contributed by atoms with Gasteiger partial charge in [-0.2, -0.15) is 0 Å². The summed E-state index contributed by atoms with van der Waals surface area (Å²) in [5.41, 5.74) is 0.418. The topological polar surface area (TPSA) is 84.0 Å². The molecule has 0 bridgehead atoms. The molecule has 1 aromatic rings. The van der Waals surface area contributed by atoms with Gasteiger partial charge < -0.3 is 9.74 Å². The van der Waals surface area contributed by atoms with E-state index in [4.69, 9.17) is 4.84 Å². The van der Waals surface area contributed by atoms with Gasteiger partial charge in [-0.1, -0.05) is 24.1 Å². The number of carbonyl (C=O) groups is 4. The summed E-state index contributed by atoms with van der Waals surface area (Å²) in [5.74, 6) is -2.17. The third kappa shape index (κ3) is 2.66. The van der Waals surface area contributed by atoms with Crippen LogP contribution in [-0.2, 0) is 14.4 Å². The van der Waals surface area contributed by atoms with Crippen LogP contribution < -0.4 is 0 Å². The van der Waals surface area contributed by atoms with Crippen molar-refractivity contribution in [2.45, 2.75) is 38.6 Å². The zero-order chi connectivity index (χ0) is 17.3. The minimum Gasteiger partial charge on any atom is -0.329 e. The molecular formula is C17H18N2O5. The number of fused-ring (bicyclic) bond motifs is 1. The highest BCUT2D eigenvalue weighted by atomic mass is 16.7. The number of carbonyl (C=O) groups excluding carboxylic acids is 4. The lowest BCUT2D eigenvalue weighted by Crippen LogP contribution is -2.44. The number of benzene rings is 1. The van der Waals surface area contributed by atoms with Gasteiger partial charge in [-0.3, -0.25) is 14.4 Å². The molecule has 2 heterocycles. The number of nitrogens with zero attached hydrogens (tertiary/aromatic N) is 2. The Morgan fingerprint density at radius 2 is 1.79 bits per heavy atom. The van der Waals surface area contributed by atoms with Gasteiger partial charge in [-0.05, 0) is 31.4 Å². The second kappa shape index (κ2) is 6.43. The number of hydrogen-bond donors (Lipinski definition) is 0. The van der Waals surface area contributed by atoms with Gasteiger partial charge in [0.15, 0.2) is 0 Å². The number of hydrogen-bond acceptors (Lipinski definition) is 5. The Hall–Kier alpha value is -2.70. The molecule has 0 aliphatic carbocycles. The smallest absolute Gasteiger partial charge is 0.329 e. The molecular weight excluding hydrogens is 312 g/mol. The minimum absolute atomic E-state index is 0.112. The van der Waals surface area contributed by atoms with Crippen LogP contribution in [0.25, 0.3) is 0 Å². The van der Waals surface area contributed by atoms with E-state index < -0.39 is 23.8 Å². The van der Waals surface area contributed by atoms with Crippen LogP contribution in [0.1, 0.15) is 53.3 Å². The third-order valence-corrected chi connectivity index (χ3v) is 4.25. The van der Waals surface area contributed by atoms with Gasteiger partial charge in [0, 0.05) is 13.0 Å². The molecule has 0 aromatic heterocycles. The van der Waals surface area contributed by atoms with Crippen molar-refractivity contribution in [1.29, 1.82) is 0 Å². The Bertz CT molecular complexity index is 680. The molecule has 0 radical (unpaired) electrons. The summed E-state index contributed by atoms with van der Waals surface area (Å²) in [7, 11) is 0. The Balaban J connectivity index is 1.73. The van der Waals surface area contributed by atoms with Gasteiger partial charge in [0.05, 0.1) is 11.1 Å². The fraction of sp³-hybridized carbons (Fsp3) is 0.412. The van der Waals surface area contributed by atoms with Crippen LogP contribution in [0.15, 0.2) is 24.3 Å². The first-order valence-electron chi connectivity index (χ1n) is 8.03. The molecule has 7 heteroatoms. The van der Waals surface area contributed by atoms with E-state index in [1.54, 1.807) is 12.1 Å². The van der Waals surface area contributed by atoms with Crippen LogP contribution in [0.2, 0.25) is 0 Å². The molecule has 7 nitrogen and oxygen atoms in total. The zero-order valence-corrected chi connectivity index (χ0v) is 13.4. The van der Waals surface area contributed by atoms with E-state index in [1.165, 1.54) is 17.0 Å². The standard InChI is InChI=1S/C17H18N2O5/c1-2-6-14(20)18-10-5-9-13(18)17(23)24-19-15(21)11-7-3-4-8-12(11)16(19)22/h3-4,7-8,13H,2,5-6,9-10H2,1H3. The predicted molar refractivity (Wildman–Crippen MR) is 82.7 cm³/mol. The molecule has 1 fully saturated rings. The first-order valence-corrected chi connectivity index (χ1v) is 8.03. The van der Waals surface area contributed by atoms with E-state index in [0.29, 0.717) is 37.3 Å². The van der Waals surface area contributed by atoms with Gasteiger partial charge in [-0.25, -0.2) is 4.79 Å². The Kier molecular flexibility index (Phi) is 4.33. The largest absolute Gasteiger partial charge is 0.355 e. The van der Waals surface area contributed by atoms with Crippen LogP contribution >= 0.6 is 0 Å². The number of amides is 3. The van der Waals surface area contributed by atoms with Gasteiger partial charge in [-0.15, -0.1) is 0 Å². The molecule has 0 saturated carbocycles. The Morgan fingerprint density at radius 1 is 1.17 bits per heavy atom. The summed E-state index contributed by atoms with van der Waals surface area (Å²) in [6.45, 7) is 2.38. The third-order valence-electron chi connectivity index (χ3n) is 4.25. The first-order chi connectivity index (χ1) is 11.5. The van der Waals surface area contributed by atoms with Gasteiger partial charge in [0.1, 0.15) is 6.04 Å². The average Bonchev–Trinajstić information content (AvgIpc) is 3.16. The molecule has 0 spiro atoms. The molecule has 3 amide bonds. The SMILES string of the molecule is CCCC(=O)N1CCCC1C(=O)ON1C(=O)c2ccccc2C1=O. The highest BCUT2D eigenvalue weighted by Crippen LogP contribution is 2.25. The second-order valence-electron chi connectivity index (χ2n) is 5.86. The first kappa shape index (κ1) is 16.2. The van der Waals surface area contributed by atoms with Crippen molar-refractivity contribution in [3.8, 4) is 0 Å². The number of likely N-dealkylation sites (tertiary alicyclic amines) is 1. The van der Waals surface area contributed by atoms with Crippen LogP contribution in [0.3, 0.4) is 0 Å². The van der Waals surface area contributed by atoms with Crippen molar-refractivity contribution >= 4 is 23.7 Å². The van der Waals surface area contributed by atoms with Crippen LogP contribution in [-0.4, -0.2) is 46.2 Å². The number of rotatable bonds is 4. The highest BCUT2D eigenvalue weighted by Gasteiger charge is 2.42. The molecule has 24 heavy (non-hydrogen) atoms. The van der Waals surface area contributed by atoms with Crippen molar-refractivity contribution in [1.82, 2.24) is 9.96 Å². The summed E-state index contributed by atoms with van der Waals surface area (Å²) >= 11 is 0. The molecule has 1 aromatic carbocycles. The lowest BCUT2D eigenvalue weighted by Gasteiger charge is -2.24. The summed E-state index contributed by atoms with van der Waals surface area (Å²) in [5, 5.41) is 0.494. The quantitative estimate of drug-likeness (QED) is 0.782. The molecule has 2 aliphatic heterocycles. The van der Waals surface area contributed by atoms with Crippen LogP contribution in [0, 0.1) is 0 Å². The molecule has 2 aliphatic rings. The lowest BCUT2D eigenvalue weighted by molar-refractivity contribution is -0.175. The maximum atomic E-state index is 12.4. The molecule has 3 rings (SSSR count). The normalized spacial score (nSPS) is 19.6. The maximum absolute atomic E-state index is 12.4. The van der Waals surface area contributed by atoms with E-state index in [2.05, 4.69) is 0 Å². The monoisotopic (exact) mass is 330 g/mol. The van der Waals surface area contributed by atoms with Crippen molar-refractivity contribution < 1.29 is 24.0 Å². The number of imide groups is 1.